The van der Waals surface area contributed by atoms with Crippen LogP contribution in [-0.2, 0) is 19.1 Å². The summed E-state index contributed by atoms with van der Waals surface area (Å²) in [6.07, 6.45) is -0.977. The highest BCUT2D eigenvalue weighted by atomic mass is 16.6. The number of carbonyl (C=O) groups excluding carboxylic acids is 2. The number of benzene rings is 2. The second-order valence-electron chi connectivity index (χ2n) is 7.13. The van der Waals surface area contributed by atoms with Crippen LogP contribution in [0.5, 0.6) is 0 Å². The van der Waals surface area contributed by atoms with Gasteiger partial charge in [-0.25, -0.2) is 4.79 Å². The molecule has 0 spiro atoms. The molecule has 5 heteroatoms. The molecule has 1 aliphatic heterocycles. The molecule has 2 aromatic carbocycles. The van der Waals surface area contributed by atoms with Crippen LogP contribution in [0.15, 0.2) is 66.1 Å². The van der Waals surface area contributed by atoms with Gasteiger partial charge in [-0.15, -0.1) is 0 Å². The standard InChI is InChI=1S/C21H20O5/c1-21(2,3)20(24)26-18-16(22)17(25-19(18)23)15-11-9-14(10-12-15)13-7-5-4-6-8-13/h4-12,17,22H,1-3H3. The summed E-state index contributed by atoms with van der Waals surface area (Å²) < 4.78 is 10.3. The zero-order chi connectivity index (χ0) is 18.9. The van der Waals surface area contributed by atoms with E-state index < -0.39 is 29.2 Å². The van der Waals surface area contributed by atoms with Crippen molar-refractivity contribution in [2.24, 2.45) is 5.41 Å². The molecule has 0 saturated heterocycles. The van der Waals surface area contributed by atoms with Crippen LogP contribution in [0, 0.1) is 5.41 Å². The molecule has 26 heavy (non-hydrogen) atoms. The molecule has 0 radical (unpaired) electrons. The third-order valence-electron chi connectivity index (χ3n) is 4.02. The fraction of sp³-hybridized carbons (Fsp3) is 0.238. The molecule has 1 heterocycles. The van der Waals surface area contributed by atoms with Crippen molar-refractivity contribution >= 4 is 11.9 Å². The summed E-state index contributed by atoms with van der Waals surface area (Å²) in [6.45, 7) is 4.98. The summed E-state index contributed by atoms with van der Waals surface area (Å²) in [6, 6.07) is 17.1. The van der Waals surface area contributed by atoms with Gasteiger partial charge in [0.25, 0.3) is 5.76 Å². The number of hydrogen-bond acceptors (Lipinski definition) is 5. The number of aliphatic hydroxyl groups excluding tert-OH is 1. The van der Waals surface area contributed by atoms with Crippen LogP contribution < -0.4 is 0 Å². The summed E-state index contributed by atoms with van der Waals surface area (Å²) in [5.74, 6) is -2.30. The lowest BCUT2D eigenvalue weighted by Gasteiger charge is -2.15. The molecule has 0 fully saturated rings. The first-order valence-electron chi connectivity index (χ1n) is 8.29. The van der Waals surface area contributed by atoms with E-state index >= 15 is 0 Å². The van der Waals surface area contributed by atoms with E-state index in [4.69, 9.17) is 9.47 Å². The number of rotatable bonds is 3. The van der Waals surface area contributed by atoms with Crippen LogP contribution in [0.25, 0.3) is 11.1 Å². The number of ether oxygens (including phenoxy) is 2. The highest BCUT2D eigenvalue weighted by molar-refractivity contribution is 5.93. The maximum absolute atomic E-state index is 12.0. The van der Waals surface area contributed by atoms with Crippen molar-refractivity contribution in [2.75, 3.05) is 0 Å². The van der Waals surface area contributed by atoms with Crippen molar-refractivity contribution in [2.45, 2.75) is 26.9 Å². The van der Waals surface area contributed by atoms with E-state index in [1.54, 1.807) is 32.9 Å². The van der Waals surface area contributed by atoms with Gasteiger partial charge in [0.05, 0.1) is 5.41 Å². The van der Waals surface area contributed by atoms with Crippen molar-refractivity contribution < 1.29 is 24.2 Å². The van der Waals surface area contributed by atoms with E-state index in [0.717, 1.165) is 11.1 Å². The Balaban J connectivity index is 1.84. The average molecular weight is 352 g/mol. The van der Waals surface area contributed by atoms with Crippen LogP contribution in [0.4, 0.5) is 0 Å². The van der Waals surface area contributed by atoms with Gasteiger partial charge < -0.3 is 14.6 Å². The molecule has 3 rings (SSSR count). The second-order valence-corrected chi connectivity index (χ2v) is 7.13. The van der Waals surface area contributed by atoms with Crippen LogP contribution in [-0.4, -0.2) is 17.0 Å². The maximum Gasteiger partial charge on any atom is 0.379 e. The summed E-state index contributed by atoms with van der Waals surface area (Å²) in [4.78, 5) is 24.0. The second kappa shape index (κ2) is 6.67. The number of hydrogen-bond donors (Lipinski definition) is 1. The molecular weight excluding hydrogens is 332 g/mol. The van der Waals surface area contributed by atoms with Gasteiger partial charge in [0.2, 0.25) is 0 Å². The van der Waals surface area contributed by atoms with Gasteiger partial charge in [-0.3, -0.25) is 4.79 Å². The first-order chi connectivity index (χ1) is 12.3. The van der Waals surface area contributed by atoms with Crippen molar-refractivity contribution in [3.63, 3.8) is 0 Å². The largest absolute Gasteiger partial charge is 0.505 e. The minimum absolute atomic E-state index is 0.389. The predicted molar refractivity (Wildman–Crippen MR) is 95.9 cm³/mol. The predicted octanol–water partition coefficient (Wildman–Crippen LogP) is 4.31. The van der Waals surface area contributed by atoms with Crippen molar-refractivity contribution in [1.29, 1.82) is 0 Å². The van der Waals surface area contributed by atoms with Crippen LogP contribution in [0.1, 0.15) is 32.4 Å². The number of esters is 2. The van der Waals surface area contributed by atoms with Crippen molar-refractivity contribution in [1.82, 2.24) is 0 Å². The zero-order valence-electron chi connectivity index (χ0n) is 14.9. The van der Waals surface area contributed by atoms with E-state index in [-0.39, 0.29) is 5.76 Å². The number of aliphatic hydroxyl groups is 1. The van der Waals surface area contributed by atoms with Crippen LogP contribution >= 0.6 is 0 Å². The summed E-state index contributed by atoms with van der Waals surface area (Å²) in [7, 11) is 0. The fourth-order valence-electron chi connectivity index (χ4n) is 2.49. The monoisotopic (exact) mass is 352 g/mol. The average Bonchev–Trinajstić information content (AvgIpc) is 2.90. The Morgan fingerprint density at radius 3 is 2.15 bits per heavy atom. The molecule has 2 aromatic rings. The molecule has 1 unspecified atom stereocenters. The Bertz CT molecular complexity index is 858. The highest BCUT2D eigenvalue weighted by Gasteiger charge is 2.40. The Morgan fingerprint density at radius 1 is 1.00 bits per heavy atom. The summed E-state index contributed by atoms with van der Waals surface area (Å²) >= 11 is 0. The van der Waals surface area contributed by atoms with Gasteiger partial charge in [0.1, 0.15) is 0 Å². The first kappa shape index (κ1) is 17.7. The molecule has 1 aliphatic rings. The van der Waals surface area contributed by atoms with Gasteiger partial charge in [0, 0.05) is 5.56 Å². The Morgan fingerprint density at radius 2 is 1.58 bits per heavy atom. The molecule has 1 N–H and O–H groups in total. The van der Waals surface area contributed by atoms with E-state index in [2.05, 4.69) is 0 Å². The number of cyclic esters (lactones) is 1. The van der Waals surface area contributed by atoms with Crippen molar-refractivity contribution in [3.05, 3.63) is 71.7 Å². The molecule has 1 atom stereocenters. The minimum Gasteiger partial charge on any atom is -0.505 e. The SMILES string of the molecule is CC(C)(C)C(=O)OC1=C(O)C(c2ccc(-c3ccccc3)cc2)OC1=O. The maximum atomic E-state index is 12.0. The molecule has 0 amide bonds. The lowest BCUT2D eigenvalue weighted by atomic mass is 9.97. The quantitative estimate of drug-likeness (QED) is 0.833. The van der Waals surface area contributed by atoms with Crippen molar-refractivity contribution in [3.8, 4) is 11.1 Å². The minimum atomic E-state index is -0.977. The van der Waals surface area contributed by atoms with Gasteiger partial charge in [-0.2, -0.15) is 0 Å². The fourth-order valence-corrected chi connectivity index (χ4v) is 2.49. The highest BCUT2D eigenvalue weighted by Crippen LogP contribution is 2.35. The van der Waals surface area contributed by atoms with Crippen LogP contribution in [0.3, 0.4) is 0 Å². The number of carbonyl (C=O) groups is 2. The molecule has 0 aliphatic carbocycles. The van der Waals surface area contributed by atoms with E-state index in [0.29, 0.717) is 5.56 Å². The first-order valence-corrected chi connectivity index (χ1v) is 8.29. The summed E-state index contributed by atoms with van der Waals surface area (Å²) in [5, 5.41) is 10.3. The molecule has 0 bridgehead atoms. The molecule has 134 valence electrons. The Labute approximate surface area is 151 Å². The van der Waals surface area contributed by atoms with Gasteiger partial charge in [-0.05, 0) is 31.9 Å². The lowest BCUT2D eigenvalue weighted by molar-refractivity contribution is -0.155. The van der Waals surface area contributed by atoms with Crippen LogP contribution in [0.2, 0.25) is 0 Å². The Hall–Kier alpha value is -3.08. The lowest BCUT2D eigenvalue weighted by Crippen LogP contribution is -2.24. The molecule has 5 nitrogen and oxygen atoms in total. The molecule has 0 aromatic heterocycles. The summed E-state index contributed by atoms with van der Waals surface area (Å²) in [5.41, 5.74) is 1.85. The zero-order valence-corrected chi connectivity index (χ0v) is 14.9. The van der Waals surface area contributed by atoms with E-state index in [9.17, 15) is 14.7 Å². The van der Waals surface area contributed by atoms with Gasteiger partial charge in [-0.1, -0.05) is 54.6 Å². The third-order valence-corrected chi connectivity index (χ3v) is 4.02. The Kier molecular flexibility index (Phi) is 4.55. The topological polar surface area (TPSA) is 72.8 Å². The van der Waals surface area contributed by atoms with E-state index in [1.807, 2.05) is 42.5 Å². The third kappa shape index (κ3) is 3.47. The normalized spacial score (nSPS) is 17.2. The smallest absolute Gasteiger partial charge is 0.379 e. The molecular formula is C21H20O5. The van der Waals surface area contributed by atoms with Gasteiger partial charge >= 0.3 is 11.9 Å². The van der Waals surface area contributed by atoms with Gasteiger partial charge in [0.15, 0.2) is 11.9 Å². The molecule has 0 saturated carbocycles. The van der Waals surface area contributed by atoms with E-state index in [1.165, 1.54) is 0 Å².